The molecular weight excluding hydrogens is 377 g/mol. The Balaban J connectivity index is 1.54. The van der Waals surface area contributed by atoms with E-state index in [1.165, 1.54) is 24.5 Å². The maximum Gasteiger partial charge on any atom is 0.573 e. The molecule has 0 bridgehead atoms. The Morgan fingerprint density at radius 2 is 2.07 bits per heavy atom. The van der Waals surface area contributed by atoms with Crippen LogP contribution in [0.3, 0.4) is 0 Å². The highest BCUT2D eigenvalue weighted by atomic mass is 19.4. The molecule has 0 atom stereocenters. The Labute approximate surface area is 159 Å². The Kier molecular flexibility index (Phi) is 5.91. The van der Waals surface area contributed by atoms with Gasteiger partial charge in [0.25, 0.3) is 5.91 Å². The number of fused-ring (bicyclic) bond motifs is 1. The van der Waals surface area contributed by atoms with E-state index in [1.807, 2.05) is 0 Å². The van der Waals surface area contributed by atoms with Gasteiger partial charge in [-0.05, 0) is 55.2 Å². The first-order chi connectivity index (χ1) is 13.3. The highest BCUT2D eigenvalue weighted by Crippen LogP contribution is 2.33. The summed E-state index contributed by atoms with van der Waals surface area (Å²) in [7, 11) is 0. The van der Waals surface area contributed by atoms with Crippen molar-refractivity contribution in [3.05, 3.63) is 47.9 Å². The van der Waals surface area contributed by atoms with Crippen molar-refractivity contribution < 1.29 is 31.9 Å². The zero-order chi connectivity index (χ0) is 20.1. The molecule has 1 aromatic heterocycles. The molecule has 0 saturated carbocycles. The smallest absolute Gasteiger partial charge is 0.459 e. The predicted octanol–water partition coefficient (Wildman–Crippen LogP) is 3.67. The largest absolute Gasteiger partial charge is 0.573 e. The zero-order valence-corrected chi connectivity index (χ0v) is 14.9. The fraction of sp³-hybridized carbons (Fsp3) is 0.368. The molecule has 0 fully saturated rings. The molecule has 0 unspecified atom stereocenters. The summed E-state index contributed by atoms with van der Waals surface area (Å²) in [6.45, 7) is 0.814. The summed E-state index contributed by atoms with van der Waals surface area (Å²) in [5, 5.41) is 2.67. The van der Waals surface area contributed by atoms with E-state index in [9.17, 15) is 22.8 Å². The van der Waals surface area contributed by atoms with Crippen molar-refractivity contribution in [3.8, 4) is 5.75 Å². The van der Waals surface area contributed by atoms with Gasteiger partial charge < -0.3 is 19.4 Å². The molecule has 1 aliphatic rings. The topological polar surface area (TPSA) is 71.8 Å². The van der Waals surface area contributed by atoms with Crippen LogP contribution in [-0.4, -0.2) is 31.3 Å². The summed E-state index contributed by atoms with van der Waals surface area (Å²) < 4.78 is 46.1. The monoisotopic (exact) mass is 396 g/mol. The molecule has 6 nitrogen and oxygen atoms in total. The number of nitrogens with zero attached hydrogens (tertiary/aromatic N) is 1. The van der Waals surface area contributed by atoms with Crippen LogP contribution in [-0.2, 0) is 11.2 Å². The zero-order valence-electron chi connectivity index (χ0n) is 14.9. The van der Waals surface area contributed by atoms with Crippen LogP contribution in [0.25, 0.3) is 0 Å². The van der Waals surface area contributed by atoms with E-state index in [0.717, 1.165) is 0 Å². The number of amides is 2. The van der Waals surface area contributed by atoms with Gasteiger partial charge >= 0.3 is 6.36 Å². The molecule has 150 valence electrons. The van der Waals surface area contributed by atoms with Gasteiger partial charge in [0.2, 0.25) is 5.91 Å². The number of rotatable bonds is 6. The minimum atomic E-state index is -4.75. The van der Waals surface area contributed by atoms with Crippen LogP contribution in [0.4, 0.5) is 18.9 Å². The minimum absolute atomic E-state index is 0.141. The lowest BCUT2D eigenvalue weighted by atomic mass is 10.0. The number of hydrogen-bond acceptors (Lipinski definition) is 4. The van der Waals surface area contributed by atoms with Crippen LogP contribution in [0.15, 0.2) is 41.0 Å². The van der Waals surface area contributed by atoms with Gasteiger partial charge in [-0.3, -0.25) is 9.59 Å². The van der Waals surface area contributed by atoms with Crippen LogP contribution >= 0.6 is 0 Å². The molecule has 28 heavy (non-hydrogen) atoms. The third-order valence-electron chi connectivity index (χ3n) is 4.30. The lowest BCUT2D eigenvalue weighted by Crippen LogP contribution is -2.36. The van der Waals surface area contributed by atoms with Crippen molar-refractivity contribution in [1.82, 2.24) is 5.32 Å². The maximum absolute atomic E-state index is 12.5. The van der Waals surface area contributed by atoms with E-state index in [4.69, 9.17) is 4.42 Å². The van der Waals surface area contributed by atoms with Gasteiger partial charge in [0.15, 0.2) is 5.76 Å². The normalized spacial score (nSPS) is 13.8. The highest BCUT2D eigenvalue weighted by Gasteiger charge is 2.32. The number of nitrogens with one attached hydrogen (secondary N) is 1. The van der Waals surface area contributed by atoms with Gasteiger partial charge in [0.05, 0.1) is 6.26 Å². The van der Waals surface area contributed by atoms with Gasteiger partial charge in [-0.25, -0.2) is 0 Å². The molecule has 0 spiro atoms. The summed E-state index contributed by atoms with van der Waals surface area (Å²) in [5.74, 6) is -0.579. The molecule has 1 aromatic carbocycles. The summed E-state index contributed by atoms with van der Waals surface area (Å²) in [6, 6.07) is 7.17. The Bertz CT molecular complexity index is 834. The lowest BCUT2D eigenvalue weighted by Gasteiger charge is -2.30. The van der Waals surface area contributed by atoms with Gasteiger partial charge in [0.1, 0.15) is 5.75 Å². The van der Waals surface area contributed by atoms with Crippen LogP contribution in [0.1, 0.15) is 35.4 Å². The number of anilines is 1. The molecule has 2 aromatic rings. The second-order valence-electron chi connectivity index (χ2n) is 6.32. The van der Waals surface area contributed by atoms with E-state index < -0.39 is 6.36 Å². The number of aryl methyl sites for hydroxylation is 1. The number of carbonyl (C=O) groups excluding carboxylic acids is 2. The average Bonchev–Trinajstić information content (AvgIpc) is 3.17. The molecule has 2 heterocycles. The first-order valence-corrected chi connectivity index (χ1v) is 8.84. The number of furan rings is 1. The van der Waals surface area contributed by atoms with Gasteiger partial charge in [0, 0.05) is 25.2 Å². The van der Waals surface area contributed by atoms with E-state index in [2.05, 4.69) is 10.1 Å². The summed E-state index contributed by atoms with van der Waals surface area (Å²) in [4.78, 5) is 25.9. The van der Waals surface area contributed by atoms with Crippen molar-refractivity contribution in [1.29, 1.82) is 0 Å². The maximum atomic E-state index is 12.5. The number of halogens is 3. The number of ether oxygens (including phenoxy) is 1. The van der Waals surface area contributed by atoms with E-state index in [1.54, 1.807) is 17.0 Å². The first kappa shape index (κ1) is 19.8. The molecule has 1 N–H and O–H groups in total. The van der Waals surface area contributed by atoms with Crippen LogP contribution in [0.5, 0.6) is 5.75 Å². The van der Waals surface area contributed by atoms with Crippen molar-refractivity contribution >= 4 is 17.5 Å². The quantitative estimate of drug-likeness (QED) is 0.757. The standard InChI is InChI=1S/C19H19F3N2O4/c20-19(21,22)28-14-7-8-15-13(12-14)4-2-10-24(15)17(25)6-1-9-23-18(26)16-5-3-11-27-16/h3,5,7-8,11-12H,1-2,4,6,9-10H2,(H,23,26). The predicted molar refractivity (Wildman–Crippen MR) is 94.1 cm³/mol. The molecule has 0 radical (unpaired) electrons. The summed E-state index contributed by atoms with van der Waals surface area (Å²) >= 11 is 0. The van der Waals surface area contributed by atoms with E-state index in [0.29, 0.717) is 43.6 Å². The Morgan fingerprint density at radius 1 is 1.25 bits per heavy atom. The van der Waals surface area contributed by atoms with Crippen molar-refractivity contribution in [2.45, 2.75) is 32.0 Å². The molecule has 0 saturated heterocycles. The first-order valence-electron chi connectivity index (χ1n) is 8.84. The molecule has 3 rings (SSSR count). The van der Waals surface area contributed by atoms with Gasteiger partial charge in [-0.1, -0.05) is 0 Å². The number of hydrogen-bond donors (Lipinski definition) is 1. The molecule has 0 aliphatic carbocycles. The van der Waals surface area contributed by atoms with E-state index in [-0.39, 0.29) is 29.7 Å². The minimum Gasteiger partial charge on any atom is -0.459 e. The van der Waals surface area contributed by atoms with Crippen molar-refractivity contribution in [2.24, 2.45) is 0 Å². The van der Waals surface area contributed by atoms with Gasteiger partial charge in [-0.2, -0.15) is 0 Å². The fourth-order valence-electron chi connectivity index (χ4n) is 3.10. The van der Waals surface area contributed by atoms with Crippen molar-refractivity contribution in [2.75, 3.05) is 18.0 Å². The molecule has 1 aliphatic heterocycles. The van der Waals surface area contributed by atoms with Gasteiger partial charge in [-0.15, -0.1) is 13.2 Å². The summed E-state index contributed by atoms with van der Waals surface area (Å²) in [6.07, 6.45) is -1.47. The number of alkyl halides is 3. The second-order valence-corrected chi connectivity index (χ2v) is 6.32. The van der Waals surface area contributed by atoms with E-state index >= 15 is 0 Å². The lowest BCUT2D eigenvalue weighted by molar-refractivity contribution is -0.274. The Hall–Kier alpha value is -2.97. The van der Waals surface area contributed by atoms with Crippen LogP contribution < -0.4 is 15.0 Å². The number of carbonyl (C=O) groups is 2. The van der Waals surface area contributed by atoms with Crippen LogP contribution in [0.2, 0.25) is 0 Å². The number of benzene rings is 1. The third-order valence-corrected chi connectivity index (χ3v) is 4.30. The molecular formula is C19H19F3N2O4. The third kappa shape index (κ3) is 5.05. The van der Waals surface area contributed by atoms with Crippen LogP contribution in [0, 0.1) is 0 Å². The molecule has 2 amide bonds. The Morgan fingerprint density at radius 3 is 2.79 bits per heavy atom. The second kappa shape index (κ2) is 8.37. The van der Waals surface area contributed by atoms with Crippen molar-refractivity contribution in [3.63, 3.8) is 0 Å². The SMILES string of the molecule is O=C(NCCCC(=O)N1CCCc2cc(OC(F)(F)F)ccc21)c1ccco1. The highest BCUT2D eigenvalue weighted by molar-refractivity contribution is 5.95. The molecule has 9 heteroatoms. The average molecular weight is 396 g/mol. The fourth-order valence-corrected chi connectivity index (χ4v) is 3.10. The summed E-state index contributed by atoms with van der Waals surface area (Å²) in [5.41, 5.74) is 1.25.